The second-order valence-electron chi connectivity index (χ2n) is 11.1. The molecule has 3 aliphatic rings. The molecule has 220 valence electrons. The minimum Gasteiger partial charge on any atom is -0.443 e. The molecule has 12 nitrogen and oxygen atoms in total. The van der Waals surface area contributed by atoms with Crippen molar-refractivity contribution in [1.29, 1.82) is 0 Å². The molecule has 2 saturated heterocycles. The summed E-state index contributed by atoms with van der Waals surface area (Å²) in [5, 5.41) is 13.6. The van der Waals surface area contributed by atoms with E-state index >= 15 is 0 Å². The van der Waals surface area contributed by atoms with Crippen molar-refractivity contribution in [3.8, 4) is 5.75 Å². The van der Waals surface area contributed by atoms with Gasteiger partial charge in [0.1, 0.15) is 24.6 Å². The van der Waals surface area contributed by atoms with Crippen molar-refractivity contribution in [1.82, 2.24) is 5.32 Å². The van der Waals surface area contributed by atoms with Crippen molar-refractivity contribution in [3.05, 3.63) is 46.0 Å². The maximum absolute atomic E-state index is 12.9. The van der Waals surface area contributed by atoms with Crippen LogP contribution in [-0.2, 0) is 23.7 Å². The second-order valence-corrected chi connectivity index (χ2v) is 11.1. The molecule has 3 fully saturated rings. The number of allylic oxidation sites excluding steroid dienone is 1. The van der Waals surface area contributed by atoms with Crippen molar-refractivity contribution >= 4 is 17.9 Å². The van der Waals surface area contributed by atoms with Gasteiger partial charge >= 0.3 is 12.2 Å². The standard InChI is InChI=1S/C28H38N2O10/c1-16(2)6-11-21-25(39-21)23-24(35-5)22(12-13-28(23)15-37-28)40-26(31)29-20(17(3)4)14-36-27(32)38-19-9-7-18(8-10-19)30(33)34/h6-10,17,20-25H,11-15H2,1-5H3,(H,29,31)/t20-,21+,22?,23?,24?,25+,28-/m0/s1. The van der Waals surface area contributed by atoms with E-state index in [0.717, 1.165) is 12.8 Å². The van der Waals surface area contributed by atoms with Gasteiger partial charge in [-0.15, -0.1) is 0 Å². The third kappa shape index (κ3) is 7.29. The minimum absolute atomic E-state index is 0.0175. The Hall–Kier alpha value is -3.22. The van der Waals surface area contributed by atoms with E-state index in [1.54, 1.807) is 7.11 Å². The van der Waals surface area contributed by atoms with E-state index in [9.17, 15) is 19.7 Å². The average Bonchev–Trinajstić information content (AvgIpc) is 3.83. The summed E-state index contributed by atoms with van der Waals surface area (Å²) in [6.45, 7) is 8.35. The molecule has 1 saturated carbocycles. The van der Waals surface area contributed by atoms with Crippen molar-refractivity contribution in [2.75, 3.05) is 20.3 Å². The first-order chi connectivity index (χ1) is 19.0. The summed E-state index contributed by atoms with van der Waals surface area (Å²) in [6.07, 6.45) is 1.91. The fraction of sp³-hybridized carbons (Fsp3) is 0.643. The summed E-state index contributed by atoms with van der Waals surface area (Å²) in [5.74, 6) is -0.0319. The quantitative estimate of drug-likeness (QED) is 0.102. The molecule has 1 aromatic rings. The predicted octanol–water partition coefficient (Wildman–Crippen LogP) is 4.55. The number of non-ortho nitro benzene ring substituents is 1. The van der Waals surface area contributed by atoms with E-state index < -0.39 is 29.3 Å². The van der Waals surface area contributed by atoms with Gasteiger partial charge in [0.2, 0.25) is 0 Å². The number of ether oxygens (including phenoxy) is 6. The third-order valence-corrected chi connectivity index (χ3v) is 7.70. The number of carbonyl (C=O) groups is 2. The number of nitrogens with zero attached hydrogens (tertiary/aromatic N) is 1. The summed E-state index contributed by atoms with van der Waals surface area (Å²) in [4.78, 5) is 35.3. The van der Waals surface area contributed by atoms with Gasteiger partial charge in [-0.3, -0.25) is 10.1 Å². The Morgan fingerprint density at radius 2 is 1.95 bits per heavy atom. The number of rotatable bonds is 11. The van der Waals surface area contributed by atoms with Crippen LogP contribution in [0.15, 0.2) is 35.9 Å². The Bertz CT molecular complexity index is 1100. The van der Waals surface area contributed by atoms with Crippen molar-refractivity contribution in [3.63, 3.8) is 0 Å². The zero-order chi connectivity index (χ0) is 29.0. The lowest BCUT2D eigenvalue weighted by atomic mass is 9.73. The van der Waals surface area contributed by atoms with Crippen LogP contribution in [0, 0.1) is 22.0 Å². The van der Waals surface area contributed by atoms with Gasteiger partial charge in [-0.1, -0.05) is 25.5 Å². The first-order valence-electron chi connectivity index (χ1n) is 13.5. The molecule has 0 aromatic heterocycles. The van der Waals surface area contributed by atoms with Gasteiger partial charge in [-0.05, 0) is 51.2 Å². The van der Waals surface area contributed by atoms with E-state index in [1.807, 2.05) is 13.8 Å². The summed E-state index contributed by atoms with van der Waals surface area (Å²) < 4.78 is 33.9. The van der Waals surface area contributed by atoms with E-state index in [4.69, 9.17) is 28.4 Å². The van der Waals surface area contributed by atoms with Gasteiger partial charge in [-0.2, -0.15) is 0 Å². The molecule has 2 heterocycles. The Morgan fingerprint density at radius 1 is 1.25 bits per heavy atom. The predicted molar refractivity (Wildman–Crippen MR) is 142 cm³/mol. The summed E-state index contributed by atoms with van der Waals surface area (Å²) >= 11 is 0. The third-order valence-electron chi connectivity index (χ3n) is 7.70. The molecule has 12 heteroatoms. The Labute approximate surface area is 233 Å². The van der Waals surface area contributed by atoms with Gasteiger partial charge in [0.25, 0.3) is 5.69 Å². The molecule has 3 unspecified atom stereocenters. The van der Waals surface area contributed by atoms with Crippen LogP contribution in [0.2, 0.25) is 0 Å². The summed E-state index contributed by atoms with van der Waals surface area (Å²) in [7, 11) is 1.61. The topological polar surface area (TPSA) is 151 Å². The van der Waals surface area contributed by atoms with E-state index in [2.05, 4.69) is 25.2 Å². The normalized spacial score (nSPS) is 29.3. The number of nitrogens with one attached hydrogen (secondary N) is 1. The highest BCUT2D eigenvalue weighted by Gasteiger charge is 2.66. The molecule has 0 bridgehead atoms. The van der Waals surface area contributed by atoms with Gasteiger partial charge in [0.15, 0.2) is 0 Å². The number of nitro benzene ring substituents is 1. The Morgan fingerprint density at radius 3 is 2.52 bits per heavy atom. The molecule has 1 N–H and O–H groups in total. The number of amides is 1. The molecule has 2 aliphatic heterocycles. The number of nitro groups is 1. The molecular weight excluding hydrogens is 524 g/mol. The highest BCUT2D eigenvalue weighted by Crippen LogP contribution is 2.54. The summed E-state index contributed by atoms with van der Waals surface area (Å²) in [5.41, 5.74) is 0.816. The number of epoxide rings is 2. The van der Waals surface area contributed by atoms with Crippen LogP contribution in [0.3, 0.4) is 0 Å². The smallest absolute Gasteiger partial charge is 0.443 e. The largest absolute Gasteiger partial charge is 0.513 e. The molecule has 40 heavy (non-hydrogen) atoms. The minimum atomic E-state index is -0.994. The fourth-order valence-corrected chi connectivity index (χ4v) is 5.25. The van der Waals surface area contributed by atoms with Crippen LogP contribution < -0.4 is 10.1 Å². The average molecular weight is 563 g/mol. The zero-order valence-corrected chi connectivity index (χ0v) is 23.5. The van der Waals surface area contributed by atoms with Crippen molar-refractivity contribution in [2.24, 2.45) is 11.8 Å². The SMILES string of the molecule is COC1C(OC(=O)N[C@@H](COC(=O)Oc2ccc([N+](=O)[O-])cc2)C(C)C)CC[C@]2(CO2)C1[C@@H]1O[C@@H]1CC=C(C)C. The lowest BCUT2D eigenvalue weighted by Crippen LogP contribution is -2.54. The monoisotopic (exact) mass is 562 g/mol. The van der Waals surface area contributed by atoms with Crippen LogP contribution in [0.1, 0.15) is 47.0 Å². The fourth-order valence-electron chi connectivity index (χ4n) is 5.25. The van der Waals surface area contributed by atoms with Crippen LogP contribution >= 0.6 is 0 Å². The lowest BCUT2D eigenvalue weighted by Gasteiger charge is -2.40. The second kappa shape index (κ2) is 12.5. The van der Waals surface area contributed by atoms with Crippen LogP contribution in [0.5, 0.6) is 5.75 Å². The highest BCUT2D eigenvalue weighted by molar-refractivity contribution is 5.68. The molecule has 1 spiro atoms. The van der Waals surface area contributed by atoms with Gasteiger partial charge in [0, 0.05) is 25.2 Å². The number of alkyl carbamates (subject to hydrolysis) is 1. The first-order valence-corrected chi connectivity index (χ1v) is 13.5. The molecular formula is C28H38N2O10. The Kier molecular flexibility index (Phi) is 9.32. The van der Waals surface area contributed by atoms with Crippen LogP contribution in [0.25, 0.3) is 0 Å². The summed E-state index contributed by atoms with van der Waals surface area (Å²) in [6, 6.07) is 4.49. The number of hydrogen-bond donors (Lipinski definition) is 1. The lowest BCUT2D eigenvalue weighted by molar-refractivity contribution is -0.384. The number of carbonyl (C=O) groups excluding carboxylic acids is 2. The molecule has 1 amide bonds. The van der Waals surface area contributed by atoms with E-state index in [0.29, 0.717) is 13.0 Å². The molecule has 0 radical (unpaired) electrons. The maximum Gasteiger partial charge on any atom is 0.513 e. The Balaban J connectivity index is 1.30. The van der Waals surface area contributed by atoms with E-state index in [-0.39, 0.29) is 53.8 Å². The molecule has 7 atom stereocenters. The highest BCUT2D eigenvalue weighted by atomic mass is 16.7. The van der Waals surface area contributed by atoms with Gasteiger partial charge < -0.3 is 33.7 Å². The van der Waals surface area contributed by atoms with Gasteiger partial charge in [0.05, 0.1) is 35.4 Å². The van der Waals surface area contributed by atoms with Crippen molar-refractivity contribution in [2.45, 2.75) is 83.0 Å². The van der Waals surface area contributed by atoms with Gasteiger partial charge in [-0.25, -0.2) is 9.59 Å². The number of methoxy groups -OCH3 is 1. The molecule has 1 aromatic carbocycles. The molecule has 1 aliphatic carbocycles. The number of benzene rings is 1. The maximum atomic E-state index is 12.9. The van der Waals surface area contributed by atoms with E-state index in [1.165, 1.54) is 29.8 Å². The zero-order valence-electron chi connectivity index (χ0n) is 23.5. The van der Waals surface area contributed by atoms with Crippen molar-refractivity contribution < 1.29 is 42.9 Å². The van der Waals surface area contributed by atoms with Crippen LogP contribution in [0.4, 0.5) is 15.3 Å². The van der Waals surface area contributed by atoms with Crippen LogP contribution in [-0.4, -0.2) is 73.6 Å². The molecule has 4 rings (SSSR count). The number of hydrogen-bond acceptors (Lipinski definition) is 10. The first kappa shape index (κ1) is 29.8.